The second-order valence-corrected chi connectivity index (χ2v) is 9.27. The van der Waals surface area contributed by atoms with Crippen LogP contribution in [-0.4, -0.2) is 20.7 Å². The number of anilines is 2. The lowest BCUT2D eigenvalue weighted by atomic mass is 9.94. The van der Waals surface area contributed by atoms with E-state index in [1.165, 1.54) is 6.33 Å². The molecule has 1 aliphatic rings. The molecule has 5 rings (SSSR count). The van der Waals surface area contributed by atoms with Crippen molar-refractivity contribution >= 4 is 40.7 Å². The summed E-state index contributed by atoms with van der Waals surface area (Å²) in [5.41, 5.74) is 4.47. The molecule has 9 heteroatoms. The smallest absolute Gasteiger partial charge is 0.255 e. The molecule has 2 N–H and O–H groups in total. The summed E-state index contributed by atoms with van der Waals surface area (Å²) >= 11 is 12.4. The second kappa shape index (κ2) is 10.0. The van der Waals surface area contributed by atoms with Gasteiger partial charge in [-0.25, -0.2) is 4.68 Å². The number of benzene rings is 3. The highest BCUT2D eigenvalue weighted by molar-refractivity contribution is 6.35. The third-order valence-electron chi connectivity index (χ3n) is 6.04. The molecule has 3 aromatic carbocycles. The van der Waals surface area contributed by atoms with Crippen molar-refractivity contribution < 1.29 is 9.53 Å². The summed E-state index contributed by atoms with van der Waals surface area (Å²) in [6, 6.07) is 20.0. The number of aromatic nitrogens is 3. The van der Waals surface area contributed by atoms with Crippen LogP contribution in [0, 0.1) is 6.92 Å². The van der Waals surface area contributed by atoms with E-state index in [0.29, 0.717) is 33.0 Å². The Morgan fingerprint density at radius 2 is 1.86 bits per heavy atom. The van der Waals surface area contributed by atoms with E-state index in [1.54, 1.807) is 16.8 Å². The first-order valence-corrected chi connectivity index (χ1v) is 12.1. The highest BCUT2D eigenvalue weighted by Gasteiger charge is 2.35. The maximum absolute atomic E-state index is 13.7. The lowest BCUT2D eigenvalue weighted by molar-refractivity contribution is -0.113. The van der Waals surface area contributed by atoms with E-state index >= 15 is 0 Å². The summed E-state index contributed by atoms with van der Waals surface area (Å²) in [6.45, 7) is 4.04. The maximum Gasteiger partial charge on any atom is 0.255 e. The number of halogens is 2. The van der Waals surface area contributed by atoms with Gasteiger partial charge in [-0.1, -0.05) is 65.7 Å². The number of hydrogen-bond acceptors (Lipinski definition) is 5. The lowest BCUT2D eigenvalue weighted by Gasteiger charge is -2.30. The molecule has 2 heterocycles. The molecule has 4 aromatic rings. The third kappa shape index (κ3) is 4.67. The van der Waals surface area contributed by atoms with Crippen LogP contribution in [-0.2, 0) is 11.4 Å². The quantitative estimate of drug-likeness (QED) is 0.308. The molecule has 0 bridgehead atoms. The molecule has 182 valence electrons. The van der Waals surface area contributed by atoms with Crippen molar-refractivity contribution in [2.75, 3.05) is 10.6 Å². The van der Waals surface area contributed by atoms with Gasteiger partial charge in [0.2, 0.25) is 5.95 Å². The Morgan fingerprint density at radius 1 is 1.08 bits per heavy atom. The van der Waals surface area contributed by atoms with Crippen molar-refractivity contribution in [1.29, 1.82) is 0 Å². The number of para-hydroxylation sites is 2. The Hall–Kier alpha value is -3.81. The molecule has 0 spiro atoms. The minimum Gasteiger partial charge on any atom is -0.488 e. The van der Waals surface area contributed by atoms with Gasteiger partial charge in [-0.2, -0.15) is 10.1 Å². The Balaban J connectivity index is 1.52. The zero-order valence-electron chi connectivity index (χ0n) is 19.6. The van der Waals surface area contributed by atoms with Crippen molar-refractivity contribution in [2.24, 2.45) is 0 Å². The van der Waals surface area contributed by atoms with Gasteiger partial charge in [0, 0.05) is 32.6 Å². The molecule has 0 saturated carbocycles. The number of aryl methyl sites for hydroxylation is 1. The van der Waals surface area contributed by atoms with E-state index in [-0.39, 0.29) is 12.5 Å². The number of ether oxygens (including phenoxy) is 1. The second-order valence-electron chi connectivity index (χ2n) is 8.43. The fourth-order valence-corrected chi connectivity index (χ4v) is 4.67. The minimum absolute atomic E-state index is 0.232. The van der Waals surface area contributed by atoms with Gasteiger partial charge in [0.15, 0.2) is 0 Å². The molecular formula is C27H23Cl2N5O2. The summed E-state index contributed by atoms with van der Waals surface area (Å²) in [5, 5.41) is 11.8. The molecule has 0 fully saturated rings. The number of hydrogen-bond donors (Lipinski definition) is 2. The van der Waals surface area contributed by atoms with Crippen LogP contribution in [0.4, 0.5) is 11.6 Å². The Labute approximate surface area is 218 Å². The monoisotopic (exact) mass is 519 g/mol. The maximum atomic E-state index is 13.7. The van der Waals surface area contributed by atoms with E-state index in [2.05, 4.69) is 20.7 Å². The van der Waals surface area contributed by atoms with Gasteiger partial charge in [0.1, 0.15) is 24.7 Å². The Bertz CT molecular complexity index is 1480. The fourth-order valence-electron chi connectivity index (χ4n) is 4.21. The highest BCUT2D eigenvalue weighted by atomic mass is 35.5. The highest BCUT2D eigenvalue weighted by Crippen LogP contribution is 2.39. The topological polar surface area (TPSA) is 81.1 Å². The molecule has 7 nitrogen and oxygen atoms in total. The van der Waals surface area contributed by atoms with E-state index in [4.69, 9.17) is 27.9 Å². The summed E-state index contributed by atoms with van der Waals surface area (Å²) in [4.78, 5) is 18.0. The molecule has 0 saturated heterocycles. The molecule has 36 heavy (non-hydrogen) atoms. The fraction of sp³-hybridized carbons (Fsp3) is 0.148. The van der Waals surface area contributed by atoms with Crippen molar-refractivity contribution in [1.82, 2.24) is 14.8 Å². The lowest BCUT2D eigenvalue weighted by Crippen LogP contribution is -2.32. The van der Waals surface area contributed by atoms with E-state index in [0.717, 1.165) is 22.4 Å². The zero-order chi connectivity index (χ0) is 25.2. The van der Waals surface area contributed by atoms with Crippen molar-refractivity contribution in [3.8, 4) is 5.75 Å². The average molecular weight is 520 g/mol. The first-order valence-electron chi connectivity index (χ1n) is 11.3. The van der Waals surface area contributed by atoms with Crippen molar-refractivity contribution in [3.63, 3.8) is 0 Å². The van der Waals surface area contributed by atoms with E-state index < -0.39 is 6.04 Å². The van der Waals surface area contributed by atoms with Gasteiger partial charge in [0.25, 0.3) is 5.91 Å². The molecule has 1 atom stereocenters. The predicted molar refractivity (Wildman–Crippen MR) is 142 cm³/mol. The van der Waals surface area contributed by atoms with Gasteiger partial charge in [-0.3, -0.25) is 4.79 Å². The first-order chi connectivity index (χ1) is 17.4. The van der Waals surface area contributed by atoms with E-state index in [1.807, 2.05) is 68.4 Å². The number of amides is 1. The normalized spacial score (nSPS) is 14.7. The Kier molecular flexibility index (Phi) is 6.67. The number of carbonyl (C=O) groups excluding carboxylic acids is 1. The Morgan fingerprint density at radius 3 is 2.67 bits per heavy atom. The number of nitrogens with one attached hydrogen (secondary N) is 2. The number of fused-ring (bicyclic) bond motifs is 1. The van der Waals surface area contributed by atoms with Crippen molar-refractivity contribution in [2.45, 2.75) is 26.5 Å². The first kappa shape index (κ1) is 23.9. The number of rotatable bonds is 6. The predicted octanol–water partition coefficient (Wildman–Crippen LogP) is 6.40. The molecule has 1 aliphatic heterocycles. The van der Waals surface area contributed by atoms with Gasteiger partial charge >= 0.3 is 0 Å². The van der Waals surface area contributed by atoms with Crippen LogP contribution in [0.25, 0.3) is 0 Å². The van der Waals surface area contributed by atoms with Crippen molar-refractivity contribution in [3.05, 3.63) is 111 Å². The van der Waals surface area contributed by atoms with Gasteiger partial charge in [-0.15, -0.1) is 0 Å². The minimum atomic E-state index is -0.565. The van der Waals surface area contributed by atoms with Gasteiger partial charge in [0.05, 0.1) is 5.57 Å². The van der Waals surface area contributed by atoms with Crippen LogP contribution in [0.2, 0.25) is 10.0 Å². The van der Waals surface area contributed by atoms with Crippen LogP contribution in [0.15, 0.2) is 84.3 Å². The largest absolute Gasteiger partial charge is 0.488 e. The molecule has 1 aromatic heterocycles. The summed E-state index contributed by atoms with van der Waals surface area (Å²) in [5.74, 6) is 0.905. The molecule has 1 amide bonds. The van der Waals surface area contributed by atoms with Crippen LogP contribution >= 0.6 is 23.2 Å². The number of carbonyl (C=O) groups is 1. The zero-order valence-corrected chi connectivity index (χ0v) is 21.1. The van der Waals surface area contributed by atoms with Crippen LogP contribution < -0.4 is 15.4 Å². The number of nitrogens with zero attached hydrogens (tertiary/aromatic N) is 3. The van der Waals surface area contributed by atoms with Crippen LogP contribution in [0.1, 0.15) is 29.7 Å². The molecule has 1 unspecified atom stereocenters. The summed E-state index contributed by atoms with van der Waals surface area (Å²) in [7, 11) is 0. The third-order valence-corrected chi connectivity index (χ3v) is 6.63. The van der Waals surface area contributed by atoms with E-state index in [9.17, 15) is 4.79 Å². The molecule has 0 aliphatic carbocycles. The summed E-state index contributed by atoms with van der Waals surface area (Å²) in [6.07, 6.45) is 1.46. The van der Waals surface area contributed by atoms with Crippen LogP contribution in [0.3, 0.4) is 0 Å². The van der Waals surface area contributed by atoms with Crippen LogP contribution in [0.5, 0.6) is 5.75 Å². The molecular weight excluding hydrogens is 497 g/mol. The number of allylic oxidation sites excluding steroid dienone is 1. The molecule has 0 radical (unpaired) electrons. The SMILES string of the molecule is CC1=C(C(=O)Nc2ccccc2C)C(c2ccccc2OCc2ccc(Cl)cc2Cl)n2ncnc2N1. The average Bonchev–Trinajstić information content (AvgIpc) is 3.32. The van der Waals surface area contributed by atoms with Gasteiger partial charge in [-0.05, 0) is 43.7 Å². The van der Waals surface area contributed by atoms with Gasteiger partial charge < -0.3 is 15.4 Å². The standard InChI is InChI=1S/C27H23Cl2N5O2/c1-16-7-3-5-9-22(16)33-26(35)24-17(2)32-27-30-15-31-34(27)25(24)20-8-4-6-10-23(20)36-14-18-11-12-19(28)13-21(18)29/h3-13,15,25H,14H2,1-2H3,(H,33,35)(H,30,31,32). The summed E-state index contributed by atoms with van der Waals surface area (Å²) < 4.78 is 7.92.